The van der Waals surface area contributed by atoms with Crippen LogP contribution in [0.25, 0.3) is 6.08 Å². The van der Waals surface area contributed by atoms with E-state index in [9.17, 15) is 4.79 Å². The third kappa shape index (κ3) is 6.35. The lowest BCUT2D eigenvalue weighted by Crippen LogP contribution is -2.32. The third-order valence-corrected chi connectivity index (χ3v) is 5.91. The lowest BCUT2D eigenvalue weighted by atomic mass is 10.1. The second-order valence-electron chi connectivity index (χ2n) is 8.25. The fraction of sp³-hybridized carbons (Fsp3) is 0.458. The van der Waals surface area contributed by atoms with Crippen molar-refractivity contribution in [3.8, 4) is 0 Å². The highest BCUT2D eigenvalue weighted by atomic mass is 16.8. The van der Waals surface area contributed by atoms with Gasteiger partial charge in [0.25, 0.3) is 5.91 Å². The molecule has 2 aliphatic rings. The molecule has 0 bridgehead atoms. The molecule has 1 amide bonds. The molecule has 0 radical (unpaired) electrons. The highest BCUT2D eigenvalue weighted by molar-refractivity contribution is 5.90. The highest BCUT2D eigenvalue weighted by Crippen LogP contribution is 2.25. The predicted molar refractivity (Wildman–Crippen MR) is 122 cm³/mol. The molecule has 2 aromatic rings. The van der Waals surface area contributed by atoms with Crippen molar-refractivity contribution in [1.82, 2.24) is 20.3 Å². The standard InChI is InChI=1S/C24H31N5O3/c1-18(19-7-3-2-4-8-19)29-13-12-21(17-29)27-22-16-25-20(15-26-22)10-11-23(30)28-32-24-9-5-6-14-31-24/h2-4,7-8,10-11,15-16,18,21,24H,5-6,9,12-14,17H2,1H3,(H,26,27)(H,28,30)/b11-10+/t18?,21-,24?/m1/s1. The molecule has 0 aliphatic carbocycles. The lowest BCUT2D eigenvalue weighted by Gasteiger charge is -2.24. The van der Waals surface area contributed by atoms with Crippen LogP contribution in [0.2, 0.25) is 0 Å². The molecule has 1 aromatic heterocycles. The summed E-state index contributed by atoms with van der Waals surface area (Å²) in [7, 11) is 0. The summed E-state index contributed by atoms with van der Waals surface area (Å²) < 4.78 is 5.41. The van der Waals surface area contributed by atoms with Crippen LogP contribution in [0.15, 0.2) is 48.8 Å². The average molecular weight is 438 g/mol. The molecule has 0 saturated carbocycles. The lowest BCUT2D eigenvalue weighted by molar-refractivity contribution is -0.198. The van der Waals surface area contributed by atoms with Crippen LogP contribution < -0.4 is 10.8 Å². The minimum absolute atomic E-state index is 0.335. The van der Waals surface area contributed by atoms with E-state index in [1.54, 1.807) is 18.5 Å². The summed E-state index contributed by atoms with van der Waals surface area (Å²) >= 11 is 0. The van der Waals surface area contributed by atoms with Gasteiger partial charge < -0.3 is 10.1 Å². The number of likely N-dealkylation sites (tertiary alicyclic amines) is 1. The van der Waals surface area contributed by atoms with Crippen molar-refractivity contribution < 1.29 is 14.4 Å². The molecule has 8 heteroatoms. The Kier molecular flexibility index (Phi) is 7.82. The quantitative estimate of drug-likeness (QED) is 0.484. The maximum Gasteiger partial charge on any atom is 0.267 e. The molecule has 8 nitrogen and oxygen atoms in total. The fourth-order valence-electron chi connectivity index (χ4n) is 4.03. The summed E-state index contributed by atoms with van der Waals surface area (Å²) in [6.07, 6.45) is 9.88. The van der Waals surface area contributed by atoms with Crippen molar-refractivity contribution in [3.05, 3.63) is 60.1 Å². The number of hydrogen-bond donors (Lipinski definition) is 2. The van der Waals surface area contributed by atoms with E-state index in [2.05, 4.69) is 62.9 Å². The van der Waals surface area contributed by atoms with E-state index in [1.165, 1.54) is 11.6 Å². The Balaban J connectivity index is 1.21. The summed E-state index contributed by atoms with van der Waals surface area (Å²) in [5.41, 5.74) is 4.33. The molecule has 4 rings (SSSR count). The average Bonchev–Trinajstić information content (AvgIpc) is 3.31. The largest absolute Gasteiger partial charge is 0.365 e. The number of rotatable bonds is 8. The Morgan fingerprint density at radius 1 is 1.22 bits per heavy atom. The minimum Gasteiger partial charge on any atom is -0.365 e. The number of ether oxygens (including phenoxy) is 1. The van der Waals surface area contributed by atoms with E-state index in [4.69, 9.17) is 9.57 Å². The second-order valence-corrected chi connectivity index (χ2v) is 8.25. The zero-order valence-electron chi connectivity index (χ0n) is 18.4. The minimum atomic E-state index is -0.367. The van der Waals surface area contributed by atoms with Crippen LogP contribution in [-0.2, 0) is 14.4 Å². The van der Waals surface area contributed by atoms with Crippen molar-refractivity contribution in [2.45, 2.75) is 51.0 Å². The van der Waals surface area contributed by atoms with Crippen LogP contribution in [0.4, 0.5) is 5.82 Å². The fourth-order valence-corrected chi connectivity index (χ4v) is 4.03. The first-order valence-electron chi connectivity index (χ1n) is 11.3. The maximum atomic E-state index is 11.9. The molecule has 2 N–H and O–H groups in total. The van der Waals surface area contributed by atoms with Gasteiger partial charge in [-0.1, -0.05) is 30.3 Å². The number of aromatic nitrogens is 2. The van der Waals surface area contributed by atoms with Crippen LogP contribution in [0.5, 0.6) is 0 Å². The summed E-state index contributed by atoms with van der Waals surface area (Å²) in [4.78, 5) is 28.5. The zero-order chi connectivity index (χ0) is 22.2. The first-order valence-corrected chi connectivity index (χ1v) is 11.3. The molecule has 32 heavy (non-hydrogen) atoms. The smallest absolute Gasteiger partial charge is 0.267 e. The molecule has 2 saturated heterocycles. The zero-order valence-corrected chi connectivity index (χ0v) is 18.4. The highest BCUT2D eigenvalue weighted by Gasteiger charge is 2.26. The SMILES string of the molecule is CC(c1ccccc1)N1CC[C@@H](Nc2cnc(/C=C/C(=O)NOC3CCCCO3)cn2)C1. The van der Waals surface area contributed by atoms with E-state index in [1.807, 2.05) is 0 Å². The normalized spacial score (nSPS) is 22.7. The molecule has 3 heterocycles. The summed E-state index contributed by atoms with van der Waals surface area (Å²) in [6, 6.07) is 11.3. The topological polar surface area (TPSA) is 88.6 Å². The molecular formula is C24H31N5O3. The summed E-state index contributed by atoms with van der Waals surface area (Å²) in [5.74, 6) is 0.380. The van der Waals surface area contributed by atoms with Gasteiger partial charge in [-0.25, -0.2) is 15.3 Å². The number of nitrogens with one attached hydrogen (secondary N) is 2. The van der Waals surface area contributed by atoms with Gasteiger partial charge in [-0.05, 0) is 37.8 Å². The third-order valence-electron chi connectivity index (χ3n) is 5.91. The molecule has 2 aliphatic heterocycles. The second kappa shape index (κ2) is 11.2. The molecule has 0 spiro atoms. The van der Waals surface area contributed by atoms with E-state index in [0.29, 0.717) is 24.4 Å². The van der Waals surface area contributed by atoms with Gasteiger partial charge in [0.15, 0.2) is 6.29 Å². The van der Waals surface area contributed by atoms with Crippen molar-refractivity contribution in [3.63, 3.8) is 0 Å². The van der Waals surface area contributed by atoms with Crippen LogP contribution in [-0.4, -0.2) is 52.8 Å². The molecular weight excluding hydrogens is 406 g/mol. The Morgan fingerprint density at radius 2 is 2.09 bits per heavy atom. The number of anilines is 1. The van der Waals surface area contributed by atoms with Crippen LogP contribution >= 0.6 is 0 Å². The molecule has 3 atom stereocenters. The number of hydroxylamine groups is 1. The van der Waals surface area contributed by atoms with Crippen LogP contribution in [0.3, 0.4) is 0 Å². The van der Waals surface area contributed by atoms with E-state index < -0.39 is 0 Å². The maximum absolute atomic E-state index is 11.9. The molecule has 170 valence electrons. The first-order chi connectivity index (χ1) is 15.7. The number of carbonyl (C=O) groups excluding carboxylic acids is 1. The van der Waals surface area contributed by atoms with Gasteiger partial charge in [-0.3, -0.25) is 14.7 Å². The Labute approximate surface area is 189 Å². The molecule has 2 unspecified atom stereocenters. The van der Waals surface area contributed by atoms with Gasteiger partial charge in [0, 0.05) is 44.3 Å². The number of nitrogens with zero attached hydrogens (tertiary/aromatic N) is 3. The number of carbonyl (C=O) groups is 1. The predicted octanol–water partition coefficient (Wildman–Crippen LogP) is 3.31. The van der Waals surface area contributed by atoms with Crippen LogP contribution in [0.1, 0.15) is 49.9 Å². The summed E-state index contributed by atoms with van der Waals surface area (Å²) in [5, 5.41) is 3.47. The molecule has 1 aromatic carbocycles. The number of hydrogen-bond acceptors (Lipinski definition) is 7. The Bertz CT molecular complexity index is 884. The Morgan fingerprint density at radius 3 is 2.84 bits per heavy atom. The van der Waals surface area contributed by atoms with Crippen molar-refractivity contribution in [2.75, 3.05) is 25.0 Å². The van der Waals surface area contributed by atoms with Gasteiger partial charge >= 0.3 is 0 Å². The number of benzene rings is 1. The van der Waals surface area contributed by atoms with E-state index in [-0.39, 0.29) is 12.2 Å². The summed E-state index contributed by atoms with van der Waals surface area (Å²) in [6.45, 7) is 4.93. The van der Waals surface area contributed by atoms with Gasteiger partial charge in [-0.15, -0.1) is 0 Å². The van der Waals surface area contributed by atoms with Gasteiger partial charge in [0.1, 0.15) is 5.82 Å². The van der Waals surface area contributed by atoms with Crippen LogP contribution in [0, 0.1) is 0 Å². The van der Waals surface area contributed by atoms with Gasteiger partial charge in [-0.2, -0.15) is 0 Å². The van der Waals surface area contributed by atoms with Gasteiger partial charge in [0.05, 0.1) is 18.1 Å². The van der Waals surface area contributed by atoms with E-state index in [0.717, 1.165) is 44.6 Å². The number of amides is 1. The Hall–Kier alpha value is -2.81. The first kappa shape index (κ1) is 22.4. The van der Waals surface area contributed by atoms with Crippen molar-refractivity contribution >= 4 is 17.8 Å². The molecule has 2 fully saturated rings. The van der Waals surface area contributed by atoms with Crippen molar-refractivity contribution in [2.24, 2.45) is 0 Å². The van der Waals surface area contributed by atoms with Gasteiger partial charge in [0.2, 0.25) is 0 Å². The monoisotopic (exact) mass is 437 g/mol. The van der Waals surface area contributed by atoms with Crippen molar-refractivity contribution in [1.29, 1.82) is 0 Å². The van der Waals surface area contributed by atoms with E-state index >= 15 is 0 Å².